The second kappa shape index (κ2) is 6.33. The number of nitrogens with zero attached hydrogens (tertiary/aromatic N) is 1. The van der Waals surface area contributed by atoms with E-state index in [1.165, 1.54) is 6.20 Å². The van der Waals surface area contributed by atoms with Crippen LogP contribution in [-0.2, 0) is 15.8 Å². The van der Waals surface area contributed by atoms with E-state index in [1.54, 1.807) is 36.4 Å². The zero-order chi connectivity index (χ0) is 15.5. The second-order valence-electron chi connectivity index (χ2n) is 4.33. The number of primary sulfonamides is 1. The molecule has 0 saturated heterocycles. The Balaban J connectivity index is 2.06. The van der Waals surface area contributed by atoms with E-state index in [2.05, 4.69) is 26.2 Å². The van der Waals surface area contributed by atoms with Crippen LogP contribution in [0.25, 0.3) is 0 Å². The van der Waals surface area contributed by atoms with Crippen molar-refractivity contribution in [2.75, 3.05) is 5.32 Å². The molecular formula is C13H12BrN3O3S. The van der Waals surface area contributed by atoms with E-state index in [-0.39, 0.29) is 11.7 Å². The Kier molecular flexibility index (Phi) is 4.71. The standard InChI is InChI=1S/C13H12BrN3O3S/c14-12-6-3-10(7-16-12)13(18)17-11-4-1-9(2-5-11)8-21(15,19)20/h1-7H,8H2,(H,17,18)(H2,15,19,20). The highest BCUT2D eigenvalue weighted by Crippen LogP contribution is 2.13. The molecule has 1 heterocycles. The lowest BCUT2D eigenvalue weighted by molar-refractivity contribution is 0.102. The smallest absolute Gasteiger partial charge is 0.257 e. The third-order valence-corrected chi connectivity index (χ3v) is 3.77. The maximum Gasteiger partial charge on any atom is 0.257 e. The highest BCUT2D eigenvalue weighted by molar-refractivity contribution is 9.10. The number of halogens is 1. The zero-order valence-electron chi connectivity index (χ0n) is 10.8. The monoisotopic (exact) mass is 369 g/mol. The number of pyridine rings is 1. The van der Waals surface area contributed by atoms with Crippen LogP contribution in [0.3, 0.4) is 0 Å². The summed E-state index contributed by atoms with van der Waals surface area (Å²) < 4.78 is 22.6. The minimum absolute atomic E-state index is 0.238. The van der Waals surface area contributed by atoms with Gasteiger partial charge in [0, 0.05) is 11.9 Å². The van der Waals surface area contributed by atoms with Crippen molar-refractivity contribution >= 4 is 37.5 Å². The van der Waals surface area contributed by atoms with Crippen LogP contribution >= 0.6 is 15.9 Å². The predicted octanol–water partition coefficient (Wildman–Crippen LogP) is 1.88. The molecule has 8 heteroatoms. The van der Waals surface area contributed by atoms with Gasteiger partial charge in [-0.3, -0.25) is 4.79 Å². The number of anilines is 1. The number of aromatic nitrogens is 1. The van der Waals surface area contributed by atoms with E-state index in [0.29, 0.717) is 21.4 Å². The quantitative estimate of drug-likeness (QED) is 0.803. The van der Waals surface area contributed by atoms with Gasteiger partial charge in [0.15, 0.2) is 0 Å². The van der Waals surface area contributed by atoms with E-state index in [0.717, 1.165) is 0 Å². The first-order valence-electron chi connectivity index (χ1n) is 5.86. The van der Waals surface area contributed by atoms with Gasteiger partial charge in [0.2, 0.25) is 10.0 Å². The molecule has 2 aromatic rings. The van der Waals surface area contributed by atoms with Crippen LogP contribution in [-0.4, -0.2) is 19.3 Å². The van der Waals surface area contributed by atoms with Crippen molar-refractivity contribution in [1.82, 2.24) is 4.98 Å². The minimum Gasteiger partial charge on any atom is -0.322 e. The Bertz CT molecular complexity index is 743. The third kappa shape index (κ3) is 4.92. The first-order valence-corrected chi connectivity index (χ1v) is 8.37. The van der Waals surface area contributed by atoms with Gasteiger partial charge >= 0.3 is 0 Å². The summed E-state index contributed by atoms with van der Waals surface area (Å²) in [4.78, 5) is 15.9. The van der Waals surface area contributed by atoms with Crippen LogP contribution in [0.15, 0.2) is 47.2 Å². The Labute approximate surface area is 130 Å². The zero-order valence-corrected chi connectivity index (χ0v) is 13.2. The molecule has 1 amide bonds. The number of amides is 1. The molecule has 3 N–H and O–H groups in total. The van der Waals surface area contributed by atoms with E-state index in [4.69, 9.17) is 5.14 Å². The lowest BCUT2D eigenvalue weighted by atomic mass is 10.2. The predicted molar refractivity (Wildman–Crippen MR) is 83.1 cm³/mol. The SMILES string of the molecule is NS(=O)(=O)Cc1ccc(NC(=O)c2ccc(Br)nc2)cc1. The highest BCUT2D eigenvalue weighted by Gasteiger charge is 2.08. The van der Waals surface area contributed by atoms with E-state index >= 15 is 0 Å². The minimum atomic E-state index is -3.56. The van der Waals surface area contributed by atoms with Crippen LogP contribution in [0.1, 0.15) is 15.9 Å². The van der Waals surface area contributed by atoms with Crippen molar-refractivity contribution in [2.24, 2.45) is 5.14 Å². The number of benzene rings is 1. The Hall–Kier alpha value is -1.77. The second-order valence-corrected chi connectivity index (χ2v) is 6.75. The summed E-state index contributed by atoms with van der Waals surface area (Å²) in [5.41, 5.74) is 1.54. The fraction of sp³-hybridized carbons (Fsp3) is 0.0769. The molecular weight excluding hydrogens is 358 g/mol. The number of nitrogens with one attached hydrogen (secondary N) is 1. The molecule has 21 heavy (non-hydrogen) atoms. The molecule has 0 saturated carbocycles. The van der Waals surface area contributed by atoms with Gasteiger partial charge in [-0.2, -0.15) is 0 Å². The van der Waals surface area contributed by atoms with Gasteiger partial charge < -0.3 is 5.32 Å². The molecule has 2 rings (SSSR count). The molecule has 1 aromatic carbocycles. The molecule has 6 nitrogen and oxygen atoms in total. The maximum atomic E-state index is 12.0. The number of hydrogen-bond acceptors (Lipinski definition) is 4. The Morgan fingerprint density at radius 3 is 2.38 bits per heavy atom. The Morgan fingerprint density at radius 2 is 1.86 bits per heavy atom. The number of nitrogens with two attached hydrogens (primary N) is 1. The number of hydrogen-bond donors (Lipinski definition) is 2. The largest absolute Gasteiger partial charge is 0.322 e. The molecule has 0 unspecified atom stereocenters. The molecule has 0 aliphatic rings. The lowest BCUT2D eigenvalue weighted by Crippen LogP contribution is -2.15. The summed E-state index contributed by atoms with van der Waals surface area (Å²) in [6.07, 6.45) is 1.45. The number of carbonyl (C=O) groups is 1. The Morgan fingerprint density at radius 1 is 1.19 bits per heavy atom. The fourth-order valence-corrected chi connectivity index (χ4v) is 2.52. The fourth-order valence-electron chi connectivity index (χ4n) is 1.63. The van der Waals surface area contributed by atoms with Crippen LogP contribution in [0.4, 0.5) is 5.69 Å². The third-order valence-electron chi connectivity index (χ3n) is 2.57. The summed E-state index contributed by atoms with van der Waals surface area (Å²) in [6, 6.07) is 9.74. The summed E-state index contributed by atoms with van der Waals surface area (Å²) >= 11 is 3.19. The van der Waals surface area contributed by atoms with E-state index in [9.17, 15) is 13.2 Å². The first kappa shape index (κ1) is 15.6. The van der Waals surface area contributed by atoms with Crippen molar-refractivity contribution in [3.05, 3.63) is 58.3 Å². The van der Waals surface area contributed by atoms with Crippen molar-refractivity contribution in [2.45, 2.75) is 5.75 Å². The number of rotatable bonds is 4. The molecule has 0 aliphatic heterocycles. The summed E-state index contributed by atoms with van der Waals surface area (Å²) in [7, 11) is -3.56. The van der Waals surface area contributed by atoms with Crippen LogP contribution in [0.2, 0.25) is 0 Å². The average molecular weight is 370 g/mol. The molecule has 0 atom stereocenters. The van der Waals surface area contributed by atoms with Gasteiger partial charge in [0.25, 0.3) is 5.91 Å². The van der Waals surface area contributed by atoms with Gasteiger partial charge in [-0.25, -0.2) is 18.5 Å². The summed E-state index contributed by atoms with van der Waals surface area (Å²) in [6.45, 7) is 0. The van der Waals surface area contributed by atoms with Gasteiger partial charge in [0.1, 0.15) is 4.60 Å². The molecule has 0 radical (unpaired) electrons. The van der Waals surface area contributed by atoms with E-state index in [1.807, 2.05) is 0 Å². The first-order chi connectivity index (χ1) is 9.83. The van der Waals surface area contributed by atoms with Gasteiger partial charge in [-0.05, 0) is 45.8 Å². The molecule has 1 aromatic heterocycles. The van der Waals surface area contributed by atoms with Crippen molar-refractivity contribution < 1.29 is 13.2 Å². The lowest BCUT2D eigenvalue weighted by Gasteiger charge is -2.06. The van der Waals surface area contributed by atoms with E-state index < -0.39 is 10.0 Å². The van der Waals surface area contributed by atoms with Gasteiger partial charge in [-0.15, -0.1) is 0 Å². The summed E-state index contributed by atoms with van der Waals surface area (Å²) in [5, 5.41) is 7.66. The van der Waals surface area contributed by atoms with Crippen molar-refractivity contribution in [3.8, 4) is 0 Å². The topological polar surface area (TPSA) is 102 Å². The molecule has 0 fully saturated rings. The molecule has 110 valence electrons. The van der Waals surface area contributed by atoms with Crippen molar-refractivity contribution in [3.63, 3.8) is 0 Å². The van der Waals surface area contributed by atoms with Crippen LogP contribution in [0.5, 0.6) is 0 Å². The average Bonchev–Trinajstić information content (AvgIpc) is 2.40. The van der Waals surface area contributed by atoms with Gasteiger partial charge in [0.05, 0.1) is 11.3 Å². The van der Waals surface area contributed by atoms with Crippen molar-refractivity contribution in [1.29, 1.82) is 0 Å². The number of sulfonamides is 1. The molecule has 0 aliphatic carbocycles. The maximum absolute atomic E-state index is 12.0. The highest BCUT2D eigenvalue weighted by atomic mass is 79.9. The summed E-state index contributed by atoms with van der Waals surface area (Å²) in [5.74, 6) is -0.535. The normalized spacial score (nSPS) is 11.1. The van der Waals surface area contributed by atoms with Gasteiger partial charge in [-0.1, -0.05) is 12.1 Å². The molecule has 0 bridgehead atoms. The number of carbonyl (C=O) groups excluding carboxylic acids is 1. The van der Waals surface area contributed by atoms with Crippen LogP contribution < -0.4 is 10.5 Å². The van der Waals surface area contributed by atoms with Crippen LogP contribution in [0, 0.1) is 0 Å². The molecule has 0 spiro atoms.